The highest BCUT2D eigenvalue weighted by atomic mass is 16.5. The summed E-state index contributed by atoms with van der Waals surface area (Å²) in [5, 5.41) is 3.54. The van der Waals surface area contributed by atoms with Gasteiger partial charge in [-0.1, -0.05) is 50.2 Å². The van der Waals surface area contributed by atoms with Crippen LogP contribution in [0.15, 0.2) is 82.0 Å². The van der Waals surface area contributed by atoms with Gasteiger partial charge in [0.15, 0.2) is 17.6 Å². The van der Waals surface area contributed by atoms with Crippen LogP contribution < -0.4 is 25.2 Å². The lowest BCUT2D eigenvalue weighted by atomic mass is 9.88. The van der Waals surface area contributed by atoms with Crippen LogP contribution in [0.2, 0.25) is 0 Å². The monoisotopic (exact) mass is 485 g/mol. The van der Waals surface area contributed by atoms with Gasteiger partial charge in [0.25, 0.3) is 5.91 Å². The minimum Gasteiger partial charge on any atom is -0.493 e. The Morgan fingerprint density at radius 2 is 1.75 bits per heavy atom. The van der Waals surface area contributed by atoms with Gasteiger partial charge in [0, 0.05) is 5.69 Å². The Morgan fingerprint density at radius 1 is 1.00 bits per heavy atom. The first-order chi connectivity index (χ1) is 17.5. The zero-order valence-electron chi connectivity index (χ0n) is 20.3. The van der Waals surface area contributed by atoms with Gasteiger partial charge in [-0.15, -0.1) is 0 Å². The highest BCUT2D eigenvalue weighted by molar-refractivity contribution is 5.97. The molecule has 1 amide bonds. The van der Waals surface area contributed by atoms with Crippen molar-refractivity contribution in [3.63, 3.8) is 0 Å². The molecule has 0 unspecified atom stereocenters. The number of ether oxygens (including phenoxy) is 3. The number of hydrogen-bond donors (Lipinski definition) is 1. The Labute approximate surface area is 208 Å². The van der Waals surface area contributed by atoms with Gasteiger partial charge in [-0.25, -0.2) is 4.79 Å². The SMILES string of the molecule is COc1cc([C@@H]2c3c(c4ccccc4oc3=O)O[C@@H]2C(=O)Nc2ccccc2)ccc1OCC(C)C. The number of amides is 1. The zero-order chi connectivity index (χ0) is 25.2. The van der Waals surface area contributed by atoms with Gasteiger partial charge in [-0.05, 0) is 47.9 Å². The van der Waals surface area contributed by atoms with Crippen LogP contribution in [0.5, 0.6) is 17.2 Å². The van der Waals surface area contributed by atoms with Crippen LogP contribution in [0.4, 0.5) is 5.69 Å². The summed E-state index contributed by atoms with van der Waals surface area (Å²) in [5.41, 5.74) is 1.48. The van der Waals surface area contributed by atoms with Gasteiger partial charge in [0.05, 0.1) is 30.6 Å². The Bertz CT molecular complexity index is 1460. The summed E-state index contributed by atoms with van der Waals surface area (Å²) in [6.45, 7) is 4.66. The molecule has 1 aliphatic heterocycles. The average molecular weight is 486 g/mol. The zero-order valence-corrected chi connectivity index (χ0v) is 20.3. The van der Waals surface area contributed by atoms with Crippen molar-refractivity contribution in [1.82, 2.24) is 0 Å². The Kier molecular flexibility index (Phi) is 6.38. The fraction of sp³-hybridized carbons (Fsp3) is 0.241. The molecule has 3 aromatic carbocycles. The normalized spacial score (nSPS) is 16.4. The van der Waals surface area contributed by atoms with E-state index in [4.69, 9.17) is 18.6 Å². The van der Waals surface area contributed by atoms with Crippen molar-refractivity contribution in [2.45, 2.75) is 25.9 Å². The molecule has 7 nitrogen and oxygen atoms in total. The van der Waals surface area contributed by atoms with Crippen molar-refractivity contribution in [3.05, 3.63) is 94.3 Å². The van der Waals surface area contributed by atoms with E-state index in [9.17, 15) is 9.59 Å². The van der Waals surface area contributed by atoms with Crippen LogP contribution in [0, 0.1) is 5.92 Å². The highest BCUT2D eigenvalue weighted by Crippen LogP contribution is 2.46. The fourth-order valence-corrected chi connectivity index (χ4v) is 4.41. The number of carbonyl (C=O) groups is 1. The molecule has 0 bridgehead atoms. The van der Waals surface area contributed by atoms with Crippen molar-refractivity contribution < 1.29 is 23.4 Å². The number of benzene rings is 3. The van der Waals surface area contributed by atoms with Gasteiger partial charge < -0.3 is 23.9 Å². The number of fused-ring (bicyclic) bond motifs is 3. The Balaban J connectivity index is 1.61. The number of methoxy groups -OCH3 is 1. The topological polar surface area (TPSA) is 87.0 Å². The molecule has 184 valence electrons. The second-order valence-corrected chi connectivity index (χ2v) is 9.12. The maximum atomic E-state index is 13.5. The summed E-state index contributed by atoms with van der Waals surface area (Å²) in [5.74, 6) is 0.717. The third-order valence-electron chi connectivity index (χ3n) is 6.08. The predicted octanol–water partition coefficient (Wildman–Crippen LogP) is 5.37. The first-order valence-electron chi connectivity index (χ1n) is 11.8. The molecule has 1 aromatic heterocycles. The second-order valence-electron chi connectivity index (χ2n) is 9.12. The van der Waals surface area contributed by atoms with Crippen LogP contribution in [0.25, 0.3) is 11.0 Å². The number of anilines is 1. The van der Waals surface area contributed by atoms with E-state index in [0.717, 1.165) is 0 Å². The molecular formula is C29H27NO6. The van der Waals surface area contributed by atoms with E-state index in [2.05, 4.69) is 19.2 Å². The largest absolute Gasteiger partial charge is 0.493 e. The van der Waals surface area contributed by atoms with E-state index in [0.29, 0.717) is 57.6 Å². The van der Waals surface area contributed by atoms with Crippen molar-refractivity contribution in [3.8, 4) is 17.2 Å². The summed E-state index contributed by atoms with van der Waals surface area (Å²) >= 11 is 0. The Hall–Kier alpha value is -4.26. The minimum atomic E-state index is -0.999. The van der Waals surface area contributed by atoms with Crippen molar-refractivity contribution in [1.29, 1.82) is 0 Å². The molecule has 5 rings (SSSR count). The lowest BCUT2D eigenvalue weighted by Gasteiger charge is -2.20. The van der Waals surface area contributed by atoms with Gasteiger partial charge in [-0.2, -0.15) is 0 Å². The van der Waals surface area contributed by atoms with E-state index in [1.165, 1.54) is 0 Å². The lowest BCUT2D eigenvalue weighted by molar-refractivity contribution is -0.122. The van der Waals surface area contributed by atoms with E-state index in [1.807, 2.05) is 36.4 Å². The molecule has 0 spiro atoms. The van der Waals surface area contributed by atoms with Crippen LogP contribution in [0.3, 0.4) is 0 Å². The van der Waals surface area contributed by atoms with Crippen molar-refractivity contribution >= 4 is 22.6 Å². The third-order valence-corrected chi connectivity index (χ3v) is 6.08. The number of para-hydroxylation sites is 2. The van der Waals surface area contributed by atoms with Crippen molar-refractivity contribution in [2.24, 2.45) is 5.92 Å². The molecule has 1 N–H and O–H groups in total. The molecule has 0 fully saturated rings. The molecule has 0 radical (unpaired) electrons. The van der Waals surface area contributed by atoms with E-state index in [1.54, 1.807) is 43.5 Å². The maximum absolute atomic E-state index is 13.5. The van der Waals surface area contributed by atoms with Gasteiger partial charge >= 0.3 is 5.63 Å². The molecule has 0 aliphatic carbocycles. The summed E-state index contributed by atoms with van der Waals surface area (Å²) in [6.07, 6.45) is -0.999. The standard InChI is InChI=1S/C29H27NO6/c1-17(2)16-34-22-14-13-18(15-23(22)33-3)24-25-26(20-11-7-8-12-21(20)35-29(25)32)36-27(24)28(31)30-19-9-5-4-6-10-19/h4-15,17,24,27H,16H2,1-3H3,(H,30,31)/t24-,27+/m1/s1. The number of nitrogens with one attached hydrogen (secondary N) is 1. The molecular weight excluding hydrogens is 458 g/mol. The average Bonchev–Trinajstić information content (AvgIpc) is 3.30. The van der Waals surface area contributed by atoms with Gasteiger partial charge in [-0.3, -0.25) is 4.79 Å². The number of hydrogen-bond acceptors (Lipinski definition) is 6. The quantitative estimate of drug-likeness (QED) is 0.354. The van der Waals surface area contributed by atoms with E-state index >= 15 is 0 Å². The molecule has 0 saturated heterocycles. The summed E-state index contributed by atoms with van der Waals surface area (Å²) < 4.78 is 23.4. The number of rotatable bonds is 7. The first-order valence-corrected chi connectivity index (χ1v) is 11.8. The minimum absolute atomic E-state index is 0.305. The summed E-state index contributed by atoms with van der Waals surface area (Å²) in [7, 11) is 1.56. The Morgan fingerprint density at radius 3 is 2.50 bits per heavy atom. The second kappa shape index (κ2) is 9.77. The van der Waals surface area contributed by atoms with Crippen LogP contribution >= 0.6 is 0 Å². The van der Waals surface area contributed by atoms with E-state index < -0.39 is 17.6 Å². The van der Waals surface area contributed by atoms with Crippen molar-refractivity contribution in [2.75, 3.05) is 19.0 Å². The van der Waals surface area contributed by atoms with E-state index in [-0.39, 0.29) is 5.91 Å². The molecule has 2 heterocycles. The molecule has 36 heavy (non-hydrogen) atoms. The predicted molar refractivity (Wildman–Crippen MR) is 137 cm³/mol. The van der Waals surface area contributed by atoms with Crippen LogP contribution in [-0.4, -0.2) is 25.7 Å². The summed E-state index contributed by atoms with van der Waals surface area (Å²) in [4.78, 5) is 26.7. The molecule has 2 atom stereocenters. The fourth-order valence-electron chi connectivity index (χ4n) is 4.41. The molecule has 4 aromatic rings. The number of carbonyl (C=O) groups excluding carboxylic acids is 1. The lowest BCUT2D eigenvalue weighted by Crippen LogP contribution is -2.35. The molecule has 1 aliphatic rings. The smallest absolute Gasteiger partial charge is 0.344 e. The maximum Gasteiger partial charge on any atom is 0.344 e. The van der Waals surface area contributed by atoms with Gasteiger partial charge in [0.2, 0.25) is 0 Å². The summed E-state index contributed by atoms with van der Waals surface area (Å²) in [6, 6.07) is 21.7. The first kappa shape index (κ1) is 23.5. The van der Waals surface area contributed by atoms with Crippen LogP contribution in [0.1, 0.15) is 30.9 Å². The third kappa shape index (κ3) is 4.40. The molecule has 0 saturated carbocycles. The van der Waals surface area contributed by atoms with Crippen LogP contribution in [-0.2, 0) is 4.79 Å². The highest BCUT2D eigenvalue weighted by Gasteiger charge is 2.44. The molecule has 7 heteroatoms. The van der Waals surface area contributed by atoms with Gasteiger partial charge in [0.1, 0.15) is 11.3 Å².